The van der Waals surface area contributed by atoms with E-state index in [4.69, 9.17) is 10.1 Å². The molecule has 0 aliphatic carbocycles. The molecule has 1 atom stereocenters. The summed E-state index contributed by atoms with van der Waals surface area (Å²) in [6.45, 7) is 6.11. The van der Waals surface area contributed by atoms with Crippen molar-refractivity contribution in [2.24, 2.45) is 0 Å². The van der Waals surface area contributed by atoms with Gasteiger partial charge < -0.3 is 15.3 Å². The summed E-state index contributed by atoms with van der Waals surface area (Å²) < 4.78 is 0. The molecule has 1 aromatic carbocycles. The number of likely N-dealkylation sites (tertiary alicyclic amines) is 1. The molecular formula is C20H25N3O3S. The minimum atomic E-state index is -0.951. The number of carboxylic acid groups (broad SMARTS) is 1. The number of aromatic carboxylic acids is 1. The molecule has 2 aromatic rings. The summed E-state index contributed by atoms with van der Waals surface area (Å²) in [5.41, 5.74) is 2.25. The highest BCUT2D eigenvalue weighted by Crippen LogP contribution is 2.30. The van der Waals surface area contributed by atoms with Crippen molar-refractivity contribution in [3.8, 4) is 0 Å². The zero-order chi connectivity index (χ0) is 19.4. The number of carbonyl (C=O) groups excluding carboxylic acids is 1. The topological polar surface area (TPSA) is 82.5 Å². The number of benzene rings is 1. The molecule has 7 heteroatoms. The van der Waals surface area contributed by atoms with Gasteiger partial charge in [0.15, 0.2) is 0 Å². The average molecular weight is 388 g/mol. The van der Waals surface area contributed by atoms with Crippen LogP contribution in [0.2, 0.25) is 0 Å². The first-order chi connectivity index (χ1) is 12.9. The number of urea groups is 1. The van der Waals surface area contributed by atoms with Crippen LogP contribution >= 0.6 is 11.3 Å². The van der Waals surface area contributed by atoms with Crippen LogP contribution in [-0.4, -0.2) is 40.1 Å². The number of aromatic nitrogens is 1. The zero-order valence-electron chi connectivity index (χ0n) is 15.6. The Labute approximate surface area is 163 Å². The molecule has 1 aromatic heterocycles. The van der Waals surface area contributed by atoms with E-state index in [9.17, 15) is 9.59 Å². The second kappa shape index (κ2) is 8.52. The van der Waals surface area contributed by atoms with Crippen LogP contribution in [0.4, 0.5) is 4.79 Å². The Morgan fingerprint density at radius 3 is 2.70 bits per heavy atom. The number of hydrogen-bond donors (Lipinski definition) is 2. The molecular weight excluding hydrogens is 362 g/mol. The quantitative estimate of drug-likeness (QED) is 0.811. The van der Waals surface area contributed by atoms with Gasteiger partial charge in [0.2, 0.25) is 0 Å². The van der Waals surface area contributed by atoms with Gasteiger partial charge in [-0.05, 0) is 36.5 Å². The van der Waals surface area contributed by atoms with Crippen LogP contribution < -0.4 is 5.32 Å². The molecule has 6 nitrogen and oxygen atoms in total. The number of carbonyl (C=O) groups is 2. The fourth-order valence-corrected chi connectivity index (χ4v) is 4.28. The van der Waals surface area contributed by atoms with Gasteiger partial charge in [-0.15, -0.1) is 11.3 Å². The number of hydrogen-bond acceptors (Lipinski definition) is 4. The fraction of sp³-hybridized carbons (Fsp3) is 0.450. The molecule has 1 saturated heterocycles. The summed E-state index contributed by atoms with van der Waals surface area (Å²) in [5.74, 6) is -0.227. The van der Waals surface area contributed by atoms with Gasteiger partial charge in [0, 0.05) is 30.9 Å². The van der Waals surface area contributed by atoms with Crippen molar-refractivity contribution in [2.45, 2.75) is 45.1 Å². The predicted octanol–water partition coefficient (Wildman–Crippen LogP) is 4.05. The van der Waals surface area contributed by atoms with Crippen LogP contribution in [-0.2, 0) is 6.54 Å². The maximum atomic E-state index is 12.5. The van der Waals surface area contributed by atoms with E-state index in [-0.39, 0.29) is 11.6 Å². The molecule has 0 radical (unpaired) electrons. The van der Waals surface area contributed by atoms with Crippen molar-refractivity contribution in [3.63, 3.8) is 0 Å². The lowest BCUT2D eigenvalue weighted by Crippen LogP contribution is -2.44. The first-order valence-corrected chi connectivity index (χ1v) is 10.1. The Bertz CT molecular complexity index is 801. The lowest BCUT2D eigenvalue weighted by atomic mass is 9.99. The van der Waals surface area contributed by atoms with Crippen LogP contribution in [0.1, 0.15) is 65.1 Å². The second-order valence-electron chi connectivity index (χ2n) is 7.21. The monoisotopic (exact) mass is 387 g/mol. The van der Waals surface area contributed by atoms with Crippen molar-refractivity contribution in [1.29, 1.82) is 0 Å². The Balaban J connectivity index is 1.55. The highest BCUT2D eigenvalue weighted by molar-refractivity contribution is 7.09. The van der Waals surface area contributed by atoms with E-state index in [0.717, 1.165) is 35.7 Å². The van der Waals surface area contributed by atoms with Crippen LogP contribution in [0.25, 0.3) is 0 Å². The summed E-state index contributed by atoms with van der Waals surface area (Å²) in [6, 6.07) is 6.48. The standard InChI is InChI=1S/C20H25N3O3S/c1-13(2)17-12-27-18(22-17)16-4-3-9-23(11-16)20(26)21-10-14-5-7-15(8-6-14)19(24)25/h5-8,12-13,16H,3-4,9-11H2,1-2H3,(H,21,26)(H,24,25). The summed E-state index contributed by atoms with van der Waals surface area (Å²) >= 11 is 1.69. The van der Waals surface area contributed by atoms with Crippen molar-refractivity contribution in [2.75, 3.05) is 13.1 Å². The summed E-state index contributed by atoms with van der Waals surface area (Å²) in [6.07, 6.45) is 2.04. The highest BCUT2D eigenvalue weighted by atomic mass is 32.1. The maximum absolute atomic E-state index is 12.5. The molecule has 3 rings (SSSR count). The van der Waals surface area contributed by atoms with Crippen molar-refractivity contribution in [3.05, 3.63) is 51.5 Å². The number of rotatable bonds is 5. The van der Waals surface area contributed by atoms with Crippen LogP contribution in [0.15, 0.2) is 29.6 Å². The van der Waals surface area contributed by atoms with Crippen LogP contribution in [0.5, 0.6) is 0 Å². The summed E-state index contributed by atoms with van der Waals surface area (Å²) in [5, 5.41) is 15.1. The first-order valence-electron chi connectivity index (χ1n) is 9.24. The van der Waals surface area contributed by atoms with Gasteiger partial charge in [-0.3, -0.25) is 0 Å². The van der Waals surface area contributed by atoms with E-state index in [1.807, 2.05) is 4.90 Å². The number of carboxylic acids is 1. The van der Waals surface area contributed by atoms with E-state index in [1.54, 1.807) is 35.6 Å². The number of nitrogens with zero attached hydrogens (tertiary/aromatic N) is 2. The fourth-order valence-electron chi connectivity index (χ4n) is 3.17. The SMILES string of the molecule is CC(C)c1csc(C2CCCN(C(=O)NCc3ccc(C(=O)O)cc3)C2)n1. The second-order valence-corrected chi connectivity index (χ2v) is 8.10. The molecule has 0 saturated carbocycles. The molecule has 1 aliphatic rings. The molecule has 0 bridgehead atoms. The minimum Gasteiger partial charge on any atom is -0.478 e. The van der Waals surface area contributed by atoms with E-state index in [2.05, 4.69) is 24.5 Å². The summed E-state index contributed by atoms with van der Waals surface area (Å²) in [7, 11) is 0. The predicted molar refractivity (Wildman–Crippen MR) is 105 cm³/mol. The number of nitrogens with one attached hydrogen (secondary N) is 1. The average Bonchev–Trinajstić information content (AvgIpc) is 3.17. The molecule has 1 unspecified atom stereocenters. The third-order valence-corrected chi connectivity index (χ3v) is 5.86. The van der Waals surface area contributed by atoms with E-state index < -0.39 is 5.97 Å². The highest BCUT2D eigenvalue weighted by Gasteiger charge is 2.26. The minimum absolute atomic E-state index is 0.0809. The molecule has 2 amide bonds. The summed E-state index contributed by atoms with van der Waals surface area (Å²) in [4.78, 5) is 30.0. The van der Waals surface area contributed by atoms with E-state index >= 15 is 0 Å². The maximum Gasteiger partial charge on any atom is 0.335 e. The van der Waals surface area contributed by atoms with Gasteiger partial charge in [0.05, 0.1) is 16.3 Å². The first kappa shape index (κ1) is 19.4. The van der Waals surface area contributed by atoms with E-state index in [0.29, 0.717) is 24.9 Å². The van der Waals surface area contributed by atoms with Crippen molar-refractivity contribution >= 4 is 23.3 Å². The molecule has 2 heterocycles. The number of amides is 2. The van der Waals surface area contributed by atoms with Gasteiger partial charge in [0.25, 0.3) is 0 Å². The molecule has 0 spiro atoms. The van der Waals surface area contributed by atoms with Crippen molar-refractivity contribution in [1.82, 2.24) is 15.2 Å². The normalized spacial score (nSPS) is 17.1. The van der Waals surface area contributed by atoms with Gasteiger partial charge in [-0.1, -0.05) is 26.0 Å². The lowest BCUT2D eigenvalue weighted by molar-refractivity contribution is 0.0697. The van der Waals surface area contributed by atoms with E-state index in [1.165, 1.54) is 0 Å². The Morgan fingerprint density at radius 2 is 2.07 bits per heavy atom. The number of thiazole rings is 1. The smallest absolute Gasteiger partial charge is 0.335 e. The van der Waals surface area contributed by atoms with Crippen LogP contribution in [0, 0.1) is 0 Å². The third-order valence-electron chi connectivity index (χ3n) is 4.83. The molecule has 144 valence electrons. The van der Waals surface area contributed by atoms with Gasteiger partial charge in [-0.2, -0.15) is 0 Å². The molecule has 1 aliphatic heterocycles. The lowest BCUT2D eigenvalue weighted by Gasteiger charge is -2.31. The van der Waals surface area contributed by atoms with Gasteiger partial charge >= 0.3 is 12.0 Å². The Kier molecular flexibility index (Phi) is 6.11. The third kappa shape index (κ3) is 4.86. The van der Waals surface area contributed by atoms with Crippen LogP contribution in [0.3, 0.4) is 0 Å². The van der Waals surface area contributed by atoms with Gasteiger partial charge in [0.1, 0.15) is 0 Å². The van der Waals surface area contributed by atoms with Gasteiger partial charge in [-0.25, -0.2) is 14.6 Å². The van der Waals surface area contributed by atoms with Crippen molar-refractivity contribution < 1.29 is 14.7 Å². The Hall–Kier alpha value is -2.41. The molecule has 2 N–H and O–H groups in total. The number of piperidine rings is 1. The molecule has 27 heavy (non-hydrogen) atoms. The molecule has 1 fully saturated rings. The zero-order valence-corrected chi connectivity index (χ0v) is 16.5. The largest absolute Gasteiger partial charge is 0.478 e. The Morgan fingerprint density at radius 1 is 1.33 bits per heavy atom.